The van der Waals surface area contributed by atoms with E-state index < -0.39 is 6.61 Å². The lowest BCUT2D eigenvalue weighted by atomic mass is 10.2. The summed E-state index contributed by atoms with van der Waals surface area (Å²) in [6.07, 6.45) is 3.30. The van der Waals surface area contributed by atoms with Crippen molar-refractivity contribution < 1.29 is 28.2 Å². The van der Waals surface area contributed by atoms with Gasteiger partial charge < -0.3 is 19.9 Å². The maximum atomic E-state index is 12.2. The zero-order valence-corrected chi connectivity index (χ0v) is 11.5. The van der Waals surface area contributed by atoms with Crippen LogP contribution < -0.4 is 14.8 Å². The Kier molecular flexibility index (Phi) is 7.17. The van der Waals surface area contributed by atoms with Crippen LogP contribution in [0.4, 0.5) is 8.78 Å². The lowest BCUT2D eigenvalue weighted by Gasteiger charge is -2.10. The summed E-state index contributed by atoms with van der Waals surface area (Å²) in [6.45, 7) is -2.55. The maximum Gasteiger partial charge on any atom is 0.387 e. The molecule has 1 aromatic rings. The molecule has 21 heavy (non-hydrogen) atoms. The zero-order chi connectivity index (χ0) is 15.7. The van der Waals surface area contributed by atoms with E-state index in [1.807, 2.05) is 0 Å². The molecule has 0 aliphatic heterocycles. The summed E-state index contributed by atoms with van der Waals surface area (Å²) in [6, 6.07) is 4.35. The van der Waals surface area contributed by atoms with Crippen molar-refractivity contribution in [2.45, 2.75) is 13.0 Å². The first kappa shape index (κ1) is 16.9. The average Bonchev–Trinajstić information content (AvgIpc) is 2.46. The largest absolute Gasteiger partial charge is 0.493 e. The Morgan fingerprint density at radius 1 is 1.43 bits per heavy atom. The number of aliphatic hydroxyl groups excluding tert-OH is 1. The van der Waals surface area contributed by atoms with Gasteiger partial charge in [-0.25, -0.2) is 0 Å². The van der Waals surface area contributed by atoms with E-state index in [4.69, 9.17) is 9.84 Å². The Hall–Kier alpha value is -2.15. The lowest BCUT2D eigenvalue weighted by Crippen LogP contribution is -2.22. The smallest absolute Gasteiger partial charge is 0.387 e. The Labute approximate surface area is 121 Å². The molecule has 0 saturated carbocycles. The molecule has 0 heterocycles. The van der Waals surface area contributed by atoms with Crippen LogP contribution in [0.3, 0.4) is 0 Å². The molecule has 0 bridgehead atoms. The molecule has 0 fully saturated rings. The van der Waals surface area contributed by atoms with Gasteiger partial charge in [-0.15, -0.1) is 0 Å². The topological polar surface area (TPSA) is 67.8 Å². The number of ether oxygens (including phenoxy) is 2. The summed E-state index contributed by atoms with van der Waals surface area (Å²) in [7, 11) is 1.34. The van der Waals surface area contributed by atoms with Crippen LogP contribution in [0, 0.1) is 0 Å². The van der Waals surface area contributed by atoms with Crippen LogP contribution in [0.2, 0.25) is 0 Å². The molecule has 0 aliphatic carbocycles. The molecule has 5 nitrogen and oxygen atoms in total. The molecule has 1 rings (SSSR count). The van der Waals surface area contributed by atoms with E-state index in [1.54, 1.807) is 0 Å². The van der Waals surface area contributed by atoms with Gasteiger partial charge in [0.2, 0.25) is 5.91 Å². The molecule has 7 heteroatoms. The van der Waals surface area contributed by atoms with Gasteiger partial charge in [0.1, 0.15) is 0 Å². The number of alkyl halides is 2. The molecule has 0 saturated heterocycles. The minimum atomic E-state index is -2.93. The number of aliphatic hydroxyl groups is 1. The van der Waals surface area contributed by atoms with Crippen molar-refractivity contribution in [2.75, 3.05) is 20.3 Å². The van der Waals surface area contributed by atoms with Crippen LogP contribution in [-0.4, -0.2) is 37.9 Å². The van der Waals surface area contributed by atoms with Crippen LogP contribution in [-0.2, 0) is 4.79 Å². The van der Waals surface area contributed by atoms with Crippen molar-refractivity contribution in [3.05, 3.63) is 29.8 Å². The quantitative estimate of drug-likeness (QED) is 0.567. The monoisotopic (exact) mass is 301 g/mol. The van der Waals surface area contributed by atoms with Crippen molar-refractivity contribution in [3.8, 4) is 11.5 Å². The number of benzene rings is 1. The van der Waals surface area contributed by atoms with E-state index >= 15 is 0 Å². The first-order valence-electron chi connectivity index (χ1n) is 6.26. The van der Waals surface area contributed by atoms with Crippen molar-refractivity contribution >= 4 is 12.0 Å². The molecule has 0 atom stereocenters. The highest BCUT2D eigenvalue weighted by atomic mass is 19.3. The van der Waals surface area contributed by atoms with Gasteiger partial charge in [0, 0.05) is 19.2 Å². The summed E-state index contributed by atoms with van der Waals surface area (Å²) in [4.78, 5) is 11.4. The van der Waals surface area contributed by atoms with E-state index in [0.717, 1.165) is 0 Å². The number of carbonyl (C=O) groups excluding carboxylic acids is 1. The van der Waals surface area contributed by atoms with Crippen LogP contribution in [0.15, 0.2) is 24.3 Å². The molecule has 116 valence electrons. The molecule has 0 spiro atoms. The fraction of sp³-hybridized carbons (Fsp3) is 0.357. The summed E-state index contributed by atoms with van der Waals surface area (Å²) >= 11 is 0. The summed E-state index contributed by atoms with van der Waals surface area (Å²) in [5, 5.41) is 11.2. The molecule has 1 amide bonds. The van der Waals surface area contributed by atoms with Crippen molar-refractivity contribution in [2.24, 2.45) is 0 Å². The third-order valence-corrected chi connectivity index (χ3v) is 2.47. The number of methoxy groups -OCH3 is 1. The number of hydrogen-bond donors (Lipinski definition) is 2. The van der Waals surface area contributed by atoms with E-state index in [2.05, 4.69) is 10.1 Å². The van der Waals surface area contributed by atoms with Gasteiger partial charge in [0.05, 0.1) is 7.11 Å². The van der Waals surface area contributed by atoms with Crippen LogP contribution in [0.5, 0.6) is 11.5 Å². The summed E-state index contributed by atoms with van der Waals surface area (Å²) < 4.78 is 33.6. The number of halogens is 2. The Morgan fingerprint density at radius 2 is 2.19 bits per heavy atom. The normalized spacial score (nSPS) is 10.9. The van der Waals surface area contributed by atoms with Crippen molar-refractivity contribution in [1.82, 2.24) is 5.32 Å². The highest BCUT2D eigenvalue weighted by Gasteiger charge is 2.10. The number of hydrogen-bond acceptors (Lipinski definition) is 4. The van der Waals surface area contributed by atoms with Gasteiger partial charge in [-0.2, -0.15) is 8.78 Å². The first-order chi connectivity index (χ1) is 10.1. The van der Waals surface area contributed by atoms with Gasteiger partial charge in [-0.05, 0) is 30.2 Å². The number of amides is 1. The predicted molar refractivity (Wildman–Crippen MR) is 73.4 cm³/mol. The van der Waals surface area contributed by atoms with Gasteiger partial charge >= 0.3 is 6.61 Å². The third-order valence-electron chi connectivity index (χ3n) is 2.47. The van der Waals surface area contributed by atoms with E-state index in [-0.39, 0.29) is 24.0 Å². The summed E-state index contributed by atoms with van der Waals surface area (Å²) in [5.74, 6) is -0.231. The molecular weight excluding hydrogens is 284 g/mol. The Balaban J connectivity index is 2.69. The highest BCUT2D eigenvalue weighted by Crippen LogP contribution is 2.29. The highest BCUT2D eigenvalue weighted by molar-refractivity contribution is 5.91. The van der Waals surface area contributed by atoms with E-state index in [0.29, 0.717) is 18.5 Å². The molecule has 0 aliphatic rings. The fourth-order valence-electron chi connectivity index (χ4n) is 1.50. The minimum absolute atomic E-state index is 0.00674. The van der Waals surface area contributed by atoms with Crippen molar-refractivity contribution in [1.29, 1.82) is 0 Å². The second kappa shape index (κ2) is 8.91. The number of carbonyl (C=O) groups is 1. The van der Waals surface area contributed by atoms with Crippen LogP contribution >= 0.6 is 0 Å². The average molecular weight is 301 g/mol. The fourth-order valence-corrected chi connectivity index (χ4v) is 1.50. The maximum absolute atomic E-state index is 12.2. The Bertz CT molecular complexity index is 492. The predicted octanol–water partition coefficient (Wildman–Crippen LogP) is 1.81. The van der Waals surface area contributed by atoms with Crippen LogP contribution in [0.1, 0.15) is 12.0 Å². The second-order valence-electron chi connectivity index (χ2n) is 3.99. The number of rotatable bonds is 8. The van der Waals surface area contributed by atoms with E-state index in [1.165, 1.54) is 37.5 Å². The van der Waals surface area contributed by atoms with Gasteiger partial charge in [-0.3, -0.25) is 4.79 Å². The Morgan fingerprint density at radius 3 is 2.81 bits per heavy atom. The molecule has 0 aromatic heterocycles. The van der Waals surface area contributed by atoms with E-state index in [9.17, 15) is 13.6 Å². The zero-order valence-electron chi connectivity index (χ0n) is 11.5. The number of nitrogens with one attached hydrogen (secondary N) is 1. The molecular formula is C14H17F2NO4. The van der Waals surface area contributed by atoms with Gasteiger partial charge in [0.15, 0.2) is 11.5 Å². The second-order valence-corrected chi connectivity index (χ2v) is 3.99. The molecule has 0 unspecified atom stereocenters. The SMILES string of the molecule is COc1cc(/C=C/C(=O)NCCCO)ccc1OC(F)F. The molecule has 1 aromatic carbocycles. The molecule has 2 N–H and O–H groups in total. The van der Waals surface area contributed by atoms with Gasteiger partial charge in [-0.1, -0.05) is 6.07 Å². The van der Waals surface area contributed by atoms with Gasteiger partial charge in [0.25, 0.3) is 0 Å². The molecule has 0 radical (unpaired) electrons. The first-order valence-corrected chi connectivity index (χ1v) is 6.26. The van der Waals surface area contributed by atoms with Crippen LogP contribution in [0.25, 0.3) is 6.08 Å². The summed E-state index contributed by atoms with van der Waals surface area (Å²) in [5.41, 5.74) is 0.603. The van der Waals surface area contributed by atoms with Crippen molar-refractivity contribution in [3.63, 3.8) is 0 Å². The lowest BCUT2D eigenvalue weighted by molar-refractivity contribution is -0.116. The third kappa shape index (κ3) is 6.22. The standard InChI is InChI=1S/C14H17F2NO4/c1-20-12-9-10(3-5-11(12)21-14(15)16)4-6-13(19)17-7-2-8-18/h3-6,9,14,18H,2,7-8H2,1H3,(H,17,19)/b6-4+. The minimum Gasteiger partial charge on any atom is -0.493 e.